The molecule has 5 nitrogen and oxygen atoms in total. The molecule has 2 rings (SSSR count). The second-order valence-corrected chi connectivity index (χ2v) is 5.04. The van der Waals surface area contributed by atoms with Crippen LogP contribution in [0.25, 0.3) is 5.69 Å². The fourth-order valence-corrected chi connectivity index (χ4v) is 1.88. The third kappa shape index (κ3) is 4.40. The van der Waals surface area contributed by atoms with Crippen molar-refractivity contribution in [1.82, 2.24) is 14.7 Å². The number of hydrogen-bond acceptors (Lipinski definition) is 3. The number of carbonyl (C=O) groups excluding carboxylic acids is 1. The molecule has 1 aromatic heterocycles. The van der Waals surface area contributed by atoms with Crippen LogP contribution in [0.4, 0.5) is 17.6 Å². The van der Waals surface area contributed by atoms with Gasteiger partial charge in [0.15, 0.2) is 0 Å². The lowest BCUT2D eigenvalue weighted by molar-refractivity contribution is -0.136. The number of benzene rings is 1. The second kappa shape index (κ2) is 6.81. The Kier molecular flexibility index (Phi) is 5.01. The summed E-state index contributed by atoms with van der Waals surface area (Å²) in [5, 5.41) is 3.85. The van der Waals surface area contributed by atoms with Gasteiger partial charge in [-0.3, -0.25) is 9.59 Å². The zero-order valence-corrected chi connectivity index (χ0v) is 12.5. The van der Waals surface area contributed by atoms with Crippen molar-refractivity contribution >= 4 is 5.91 Å². The number of aromatic nitrogens is 2. The van der Waals surface area contributed by atoms with Gasteiger partial charge in [-0.1, -0.05) is 0 Å². The van der Waals surface area contributed by atoms with Crippen LogP contribution in [-0.2, 0) is 0 Å². The average Bonchev–Trinajstić information content (AvgIpc) is 2.52. The Morgan fingerprint density at radius 3 is 2.38 bits per heavy atom. The van der Waals surface area contributed by atoms with E-state index in [1.54, 1.807) is 0 Å². The molecule has 128 valence electrons. The largest absolute Gasteiger partial charge is 0.390 e. The first-order chi connectivity index (χ1) is 11.2. The van der Waals surface area contributed by atoms with Crippen molar-refractivity contribution in [2.24, 2.45) is 0 Å². The highest BCUT2D eigenvalue weighted by Gasteiger charge is 2.28. The van der Waals surface area contributed by atoms with Gasteiger partial charge in [-0.25, -0.2) is 4.39 Å². The Balaban J connectivity index is 2.25. The molecule has 0 bridgehead atoms. The summed E-state index contributed by atoms with van der Waals surface area (Å²) in [7, 11) is 1.21. The summed E-state index contributed by atoms with van der Waals surface area (Å²) in [4.78, 5) is 24.8. The number of amides is 1. The van der Waals surface area contributed by atoms with Crippen molar-refractivity contribution in [2.75, 3.05) is 13.6 Å². The Morgan fingerprint density at radius 1 is 1.17 bits per heavy atom. The fourth-order valence-electron chi connectivity index (χ4n) is 1.88. The van der Waals surface area contributed by atoms with E-state index in [9.17, 15) is 27.2 Å². The maximum Gasteiger partial charge on any atom is 0.390 e. The van der Waals surface area contributed by atoms with Gasteiger partial charge in [-0.15, -0.1) is 0 Å². The summed E-state index contributed by atoms with van der Waals surface area (Å²) in [6.45, 7) is -0.528. The number of nitrogens with zero attached hydrogens (tertiary/aromatic N) is 3. The van der Waals surface area contributed by atoms with Crippen molar-refractivity contribution in [2.45, 2.75) is 12.6 Å². The summed E-state index contributed by atoms with van der Waals surface area (Å²) in [5.41, 5.74) is -0.520. The van der Waals surface area contributed by atoms with E-state index < -0.39 is 36.4 Å². The molecular weight excluding hydrogens is 330 g/mol. The number of carbonyl (C=O) groups is 1. The Bertz CT molecular complexity index is 785. The topological polar surface area (TPSA) is 55.2 Å². The standard InChI is InChI=1S/C15H13F4N3O2/c1-21(9-8-15(17,18)19)14(24)12-6-7-13(23)22(20-12)11-4-2-10(16)3-5-11/h2-7H,8-9H2,1H3. The fraction of sp³-hybridized carbons (Fsp3) is 0.267. The van der Waals surface area contributed by atoms with E-state index >= 15 is 0 Å². The minimum absolute atomic E-state index is 0.191. The molecule has 0 aliphatic carbocycles. The van der Waals surface area contributed by atoms with Crippen LogP contribution >= 0.6 is 0 Å². The maximum absolute atomic E-state index is 12.9. The van der Waals surface area contributed by atoms with Crippen LogP contribution in [0.3, 0.4) is 0 Å². The van der Waals surface area contributed by atoms with Crippen molar-refractivity contribution < 1.29 is 22.4 Å². The normalized spacial score (nSPS) is 11.4. The van der Waals surface area contributed by atoms with Gasteiger partial charge >= 0.3 is 6.18 Å². The number of rotatable bonds is 4. The number of hydrogen-bond donors (Lipinski definition) is 0. The predicted octanol–water partition coefficient (Wildman–Crippen LogP) is 2.40. The Morgan fingerprint density at radius 2 is 1.79 bits per heavy atom. The molecule has 0 aliphatic rings. The predicted molar refractivity (Wildman–Crippen MR) is 77.4 cm³/mol. The minimum atomic E-state index is -4.38. The van der Waals surface area contributed by atoms with E-state index in [4.69, 9.17) is 0 Å². The average molecular weight is 343 g/mol. The summed E-state index contributed by atoms with van der Waals surface area (Å²) < 4.78 is 50.5. The molecule has 0 spiro atoms. The SMILES string of the molecule is CN(CCC(F)(F)F)C(=O)c1ccc(=O)n(-c2ccc(F)cc2)n1. The molecule has 0 aliphatic heterocycles. The third-order valence-electron chi connectivity index (χ3n) is 3.17. The summed E-state index contributed by atoms with van der Waals surface area (Å²) in [6.07, 6.45) is -5.53. The van der Waals surface area contributed by atoms with Crippen LogP contribution in [0.15, 0.2) is 41.2 Å². The monoisotopic (exact) mass is 343 g/mol. The Hall–Kier alpha value is -2.71. The summed E-state index contributed by atoms with van der Waals surface area (Å²) in [6, 6.07) is 7.04. The van der Waals surface area contributed by atoms with E-state index in [1.807, 2.05) is 0 Å². The molecule has 1 aromatic carbocycles. The molecule has 0 saturated carbocycles. The van der Waals surface area contributed by atoms with Crippen LogP contribution in [-0.4, -0.2) is 40.4 Å². The second-order valence-electron chi connectivity index (χ2n) is 5.04. The number of alkyl halides is 3. The zero-order chi connectivity index (χ0) is 17.9. The van der Waals surface area contributed by atoms with E-state index in [2.05, 4.69) is 5.10 Å². The van der Waals surface area contributed by atoms with Crippen LogP contribution in [0.1, 0.15) is 16.9 Å². The van der Waals surface area contributed by atoms with Crippen molar-refractivity contribution in [3.8, 4) is 5.69 Å². The first kappa shape index (κ1) is 17.6. The molecule has 9 heteroatoms. The molecule has 1 amide bonds. The van der Waals surface area contributed by atoms with Crippen LogP contribution in [0.2, 0.25) is 0 Å². The molecular formula is C15H13F4N3O2. The van der Waals surface area contributed by atoms with Crippen molar-refractivity contribution in [3.63, 3.8) is 0 Å². The highest BCUT2D eigenvalue weighted by molar-refractivity contribution is 5.91. The van der Waals surface area contributed by atoms with Gasteiger partial charge in [-0.05, 0) is 30.3 Å². The Labute approximate surface area is 134 Å². The molecule has 24 heavy (non-hydrogen) atoms. The summed E-state index contributed by atoms with van der Waals surface area (Å²) in [5.74, 6) is -1.26. The molecule has 0 radical (unpaired) electrons. The quantitative estimate of drug-likeness (QED) is 0.801. The third-order valence-corrected chi connectivity index (χ3v) is 3.17. The van der Waals surface area contributed by atoms with E-state index in [0.29, 0.717) is 0 Å². The molecule has 0 N–H and O–H groups in total. The molecule has 1 heterocycles. The van der Waals surface area contributed by atoms with E-state index in [0.717, 1.165) is 33.8 Å². The first-order valence-electron chi connectivity index (χ1n) is 6.86. The first-order valence-corrected chi connectivity index (χ1v) is 6.86. The molecule has 0 fully saturated rings. The van der Waals surface area contributed by atoms with Crippen molar-refractivity contribution in [3.05, 3.63) is 58.3 Å². The number of halogens is 4. The van der Waals surface area contributed by atoms with Gasteiger partial charge in [0.1, 0.15) is 11.5 Å². The van der Waals surface area contributed by atoms with Gasteiger partial charge in [0.2, 0.25) is 0 Å². The van der Waals surface area contributed by atoms with Crippen LogP contribution < -0.4 is 5.56 Å². The lowest BCUT2D eigenvalue weighted by Gasteiger charge is -2.18. The molecule has 0 atom stereocenters. The van der Waals surface area contributed by atoms with Gasteiger partial charge in [0.25, 0.3) is 11.5 Å². The van der Waals surface area contributed by atoms with Crippen LogP contribution in [0, 0.1) is 5.82 Å². The van der Waals surface area contributed by atoms with Gasteiger partial charge in [0.05, 0.1) is 12.1 Å². The lowest BCUT2D eigenvalue weighted by Crippen LogP contribution is -2.33. The minimum Gasteiger partial charge on any atom is -0.340 e. The molecule has 2 aromatic rings. The van der Waals surface area contributed by atoms with Gasteiger partial charge in [-0.2, -0.15) is 23.0 Å². The molecule has 0 unspecified atom stereocenters. The van der Waals surface area contributed by atoms with Crippen LogP contribution in [0.5, 0.6) is 0 Å². The highest BCUT2D eigenvalue weighted by atomic mass is 19.4. The molecule has 0 saturated heterocycles. The zero-order valence-electron chi connectivity index (χ0n) is 12.5. The van der Waals surface area contributed by atoms with Gasteiger partial charge < -0.3 is 4.90 Å². The lowest BCUT2D eigenvalue weighted by atomic mass is 10.3. The van der Waals surface area contributed by atoms with E-state index in [-0.39, 0.29) is 11.4 Å². The summed E-state index contributed by atoms with van der Waals surface area (Å²) >= 11 is 0. The van der Waals surface area contributed by atoms with Gasteiger partial charge in [0, 0.05) is 19.7 Å². The maximum atomic E-state index is 12.9. The van der Waals surface area contributed by atoms with E-state index in [1.165, 1.54) is 19.2 Å². The van der Waals surface area contributed by atoms with Crippen molar-refractivity contribution in [1.29, 1.82) is 0 Å². The highest BCUT2D eigenvalue weighted by Crippen LogP contribution is 2.19. The smallest absolute Gasteiger partial charge is 0.340 e.